The quantitative estimate of drug-likeness (QED) is 0.496. The van der Waals surface area contributed by atoms with E-state index >= 15 is 0 Å². The molecular formula is C25H27FN8. The van der Waals surface area contributed by atoms with E-state index in [2.05, 4.69) is 69.9 Å². The lowest BCUT2D eigenvalue weighted by atomic mass is 10.1. The summed E-state index contributed by atoms with van der Waals surface area (Å²) in [4.78, 5) is 4.59. The lowest BCUT2D eigenvalue weighted by molar-refractivity contribution is 0.407. The predicted molar refractivity (Wildman–Crippen MR) is 130 cm³/mol. The van der Waals surface area contributed by atoms with Gasteiger partial charge in [-0.2, -0.15) is 15.5 Å². The molecule has 9 heteroatoms. The number of nitriles is 1. The average molecular weight is 459 g/mol. The maximum Gasteiger partial charge on any atom is 0.171 e. The second kappa shape index (κ2) is 7.71. The predicted octanol–water partition coefficient (Wildman–Crippen LogP) is 3.46. The molecule has 0 saturated carbocycles. The highest BCUT2D eigenvalue weighted by molar-refractivity contribution is 5.86. The molecule has 8 nitrogen and oxygen atoms in total. The summed E-state index contributed by atoms with van der Waals surface area (Å²) in [5.41, 5.74) is 4.69. The van der Waals surface area contributed by atoms with Crippen molar-refractivity contribution < 1.29 is 4.39 Å². The molecule has 0 amide bonds. The van der Waals surface area contributed by atoms with Crippen LogP contribution in [0.15, 0.2) is 36.5 Å². The van der Waals surface area contributed by atoms with Crippen molar-refractivity contribution in [1.82, 2.24) is 24.7 Å². The van der Waals surface area contributed by atoms with Gasteiger partial charge in [-0.05, 0) is 51.1 Å². The van der Waals surface area contributed by atoms with Gasteiger partial charge in [0.2, 0.25) is 0 Å². The summed E-state index contributed by atoms with van der Waals surface area (Å²) < 4.78 is 18.2. The molecule has 0 radical (unpaired) electrons. The summed E-state index contributed by atoms with van der Waals surface area (Å²) >= 11 is 0. The van der Waals surface area contributed by atoms with Gasteiger partial charge in [0.25, 0.3) is 0 Å². The topological polar surface area (TPSA) is 77.4 Å². The molecule has 0 aliphatic carbocycles. The summed E-state index contributed by atoms with van der Waals surface area (Å²) in [5, 5.41) is 23.1. The van der Waals surface area contributed by atoms with E-state index in [0.717, 1.165) is 35.4 Å². The standard InChI is InChI=1S/C25H27FN8/c1-15-11-31(12-16(2)29-15)18-4-6-20-22(8-18)30-33-17(3)13-32(14-24(20)33)23-7-5-19(9-27)34-25(23)21(26)10-28-34/h4-8,10,15-17,29H,11-14H2,1-3H3/t15-,16+,17-/m1/s1. The van der Waals surface area contributed by atoms with Crippen LogP contribution in [0.4, 0.5) is 15.8 Å². The van der Waals surface area contributed by atoms with Gasteiger partial charge >= 0.3 is 0 Å². The van der Waals surface area contributed by atoms with Crippen molar-refractivity contribution in [2.75, 3.05) is 29.4 Å². The molecule has 0 unspecified atom stereocenters. The molecule has 4 aromatic rings. The summed E-state index contributed by atoms with van der Waals surface area (Å²) in [6.07, 6.45) is 1.17. The van der Waals surface area contributed by atoms with Gasteiger partial charge in [0.1, 0.15) is 17.3 Å². The number of nitrogens with zero attached hydrogens (tertiary/aromatic N) is 7. The third-order valence-corrected chi connectivity index (χ3v) is 7.00. The number of anilines is 2. The van der Waals surface area contributed by atoms with E-state index in [0.29, 0.717) is 36.4 Å². The molecule has 3 aromatic heterocycles. The zero-order valence-electron chi connectivity index (χ0n) is 19.5. The Balaban J connectivity index is 1.39. The van der Waals surface area contributed by atoms with Gasteiger partial charge in [-0.3, -0.25) is 4.68 Å². The normalized spacial score (nSPS) is 22.9. The summed E-state index contributed by atoms with van der Waals surface area (Å²) in [6, 6.07) is 13.2. The van der Waals surface area contributed by atoms with Crippen LogP contribution >= 0.6 is 0 Å². The minimum absolute atomic E-state index is 0.112. The summed E-state index contributed by atoms with van der Waals surface area (Å²) in [7, 11) is 0. The number of pyridine rings is 1. The molecule has 1 saturated heterocycles. The molecule has 174 valence electrons. The Kier molecular flexibility index (Phi) is 4.74. The number of fused-ring (bicyclic) bond motifs is 4. The third kappa shape index (κ3) is 3.21. The molecule has 0 spiro atoms. The van der Waals surface area contributed by atoms with Gasteiger partial charge in [-0.25, -0.2) is 8.91 Å². The number of benzene rings is 1. The van der Waals surface area contributed by atoms with Crippen LogP contribution < -0.4 is 15.1 Å². The van der Waals surface area contributed by atoms with Crippen molar-refractivity contribution in [3.63, 3.8) is 0 Å². The second-order valence-corrected chi connectivity index (χ2v) is 9.66. The van der Waals surface area contributed by atoms with E-state index in [9.17, 15) is 9.65 Å². The number of halogens is 1. The van der Waals surface area contributed by atoms with Gasteiger partial charge in [-0.15, -0.1) is 0 Å². The van der Waals surface area contributed by atoms with Crippen molar-refractivity contribution in [3.05, 3.63) is 53.7 Å². The SMILES string of the molecule is C[C@@H]1CN(c2ccc3c4n(nc3c2)[C@H](C)CN(c2ccc(C#N)n3ncc(F)c23)C4)C[C@H](C)N1. The Hall–Kier alpha value is -3.64. The van der Waals surface area contributed by atoms with Crippen molar-refractivity contribution in [2.45, 2.75) is 45.4 Å². The zero-order valence-corrected chi connectivity index (χ0v) is 19.5. The lowest BCUT2D eigenvalue weighted by Gasteiger charge is -2.37. The molecule has 1 aromatic carbocycles. The fourth-order valence-electron chi connectivity index (χ4n) is 5.62. The number of nitrogens with one attached hydrogen (secondary N) is 1. The van der Waals surface area contributed by atoms with E-state index in [4.69, 9.17) is 5.10 Å². The van der Waals surface area contributed by atoms with Crippen LogP contribution in [-0.2, 0) is 6.54 Å². The van der Waals surface area contributed by atoms with Gasteiger partial charge < -0.3 is 15.1 Å². The van der Waals surface area contributed by atoms with E-state index < -0.39 is 5.82 Å². The van der Waals surface area contributed by atoms with Crippen molar-refractivity contribution in [3.8, 4) is 6.07 Å². The van der Waals surface area contributed by atoms with Crippen LogP contribution in [-0.4, -0.2) is 51.1 Å². The first-order valence-electron chi connectivity index (χ1n) is 11.8. The van der Waals surface area contributed by atoms with Crippen LogP contribution in [0.1, 0.15) is 38.2 Å². The Morgan fingerprint density at radius 1 is 1.06 bits per heavy atom. The van der Waals surface area contributed by atoms with Crippen LogP contribution in [0.5, 0.6) is 0 Å². The van der Waals surface area contributed by atoms with Gasteiger partial charge in [0.15, 0.2) is 5.82 Å². The van der Waals surface area contributed by atoms with Crippen molar-refractivity contribution in [2.24, 2.45) is 0 Å². The van der Waals surface area contributed by atoms with Crippen LogP contribution in [0, 0.1) is 17.1 Å². The Labute approximate surface area is 197 Å². The maximum absolute atomic E-state index is 14.7. The minimum Gasteiger partial charge on any atom is -0.368 e. The number of hydrogen-bond donors (Lipinski definition) is 1. The molecule has 6 rings (SSSR count). The van der Waals surface area contributed by atoms with Crippen LogP contribution in [0.3, 0.4) is 0 Å². The fraction of sp³-hybridized carbons (Fsp3) is 0.400. The Morgan fingerprint density at radius 2 is 1.85 bits per heavy atom. The zero-order chi connectivity index (χ0) is 23.6. The highest BCUT2D eigenvalue weighted by atomic mass is 19.1. The molecule has 2 aliphatic heterocycles. The molecule has 5 heterocycles. The Morgan fingerprint density at radius 3 is 2.62 bits per heavy atom. The molecule has 0 bridgehead atoms. The molecule has 2 aliphatic rings. The fourth-order valence-corrected chi connectivity index (χ4v) is 5.62. The number of rotatable bonds is 2. The summed E-state index contributed by atoms with van der Waals surface area (Å²) in [5.74, 6) is -0.423. The average Bonchev–Trinajstić information content (AvgIpc) is 3.39. The van der Waals surface area contributed by atoms with Gasteiger partial charge in [0, 0.05) is 42.8 Å². The Bertz CT molecular complexity index is 1440. The van der Waals surface area contributed by atoms with Crippen molar-refractivity contribution >= 4 is 27.8 Å². The van der Waals surface area contributed by atoms with E-state index in [1.807, 2.05) is 6.07 Å². The van der Waals surface area contributed by atoms with Crippen LogP contribution in [0.2, 0.25) is 0 Å². The number of aromatic nitrogens is 4. The first-order valence-corrected chi connectivity index (χ1v) is 11.8. The van der Waals surface area contributed by atoms with E-state index in [1.165, 1.54) is 16.4 Å². The van der Waals surface area contributed by atoms with Crippen LogP contribution in [0.25, 0.3) is 16.4 Å². The molecule has 1 fully saturated rings. The first-order chi connectivity index (χ1) is 16.4. The largest absolute Gasteiger partial charge is 0.368 e. The lowest BCUT2D eigenvalue weighted by Crippen LogP contribution is -2.54. The molecule has 3 atom stereocenters. The third-order valence-electron chi connectivity index (χ3n) is 7.00. The molecular weight excluding hydrogens is 431 g/mol. The van der Waals surface area contributed by atoms with E-state index in [-0.39, 0.29) is 6.04 Å². The van der Waals surface area contributed by atoms with E-state index in [1.54, 1.807) is 6.07 Å². The monoisotopic (exact) mass is 458 g/mol. The second-order valence-electron chi connectivity index (χ2n) is 9.66. The maximum atomic E-state index is 14.7. The first kappa shape index (κ1) is 20.9. The highest BCUT2D eigenvalue weighted by Crippen LogP contribution is 2.35. The minimum atomic E-state index is -0.423. The van der Waals surface area contributed by atoms with Gasteiger partial charge in [0.05, 0.1) is 35.7 Å². The summed E-state index contributed by atoms with van der Waals surface area (Å²) in [6.45, 7) is 9.81. The molecule has 1 N–H and O–H groups in total. The smallest absolute Gasteiger partial charge is 0.171 e. The number of hydrogen-bond acceptors (Lipinski definition) is 6. The number of piperazine rings is 1. The van der Waals surface area contributed by atoms with Gasteiger partial charge in [-0.1, -0.05) is 0 Å². The van der Waals surface area contributed by atoms with Crippen molar-refractivity contribution in [1.29, 1.82) is 5.26 Å². The highest BCUT2D eigenvalue weighted by Gasteiger charge is 2.29. The molecule has 34 heavy (non-hydrogen) atoms.